The highest BCUT2D eigenvalue weighted by molar-refractivity contribution is 5.94. The quantitative estimate of drug-likeness (QED) is 0.186. The van der Waals surface area contributed by atoms with Crippen molar-refractivity contribution < 1.29 is 4.74 Å². The Kier molecular flexibility index (Phi) is 6.47. The van der Waals surface area contributed by atoms with Crippen LogP contribution in [0, 0.1) is 0 Å². The zero-order chi connectivity index (χ0) is 34.9. The van der Waals surface area contributed by atoms with E-state index in [0.717, 1.165) is 61.9 Å². The molecule has 0 saturated heterocycles. The highest BCUT2D eigenvalue weighted by Crippen LogP contribution is 2.61. The van der Waals surface area contributed by atoms with Crippen LogP contribution >= 0.6 is 0 Å². The standard InChI is InChI=1S/C50H32N2O/c1-2-14-34(15-3-1)49-51-45-22-10-11-23-46(45)52(49)36-29-26-33(27-30-36)35-28-31-40-38-17-5-4-16-37(38)39-18-6-7-19-41(39)50(44(40)32-35)42-20-8-12-24-47(42)53-48-25-13-9-21-43(48)50/h1-32H. The zero-order valence-corrected chi connectivity index (χ0v) is 28.8. The van der Waals surface area contributed by atoms with Crippen LogP contribution in [0.15, 0.2) is 194 Å². The van der Waals surface area contributed by atoms with Crippen LogP contribution in [0.2, 0.25) is 0 Å². The molecule has 1 aromatic heterocycles. The Hall–Kier alpha value is -6.97. The van der Waals surface area contributed by atoms with E-state index >= 15 is 0 Å². The minimum absolute atomic E-state index is 0.632. The highest BCUT2D eigenvalue weighted by atomic mass is 16.5. The summed E-state index contributed by atoms with van der Waals surface area (Å²) in [6, 6.07) is 69.8. The fraction of sp³-hybridized carbons (Fsp3) is 0.0200. The smallest absolute Gasteiger partial charge is 0.145 e. The molecule has 1 aliphatic heterocycles. The van der Waals surface area contributed by atoms with Gasteiger partial charge in [0, 0.05) is 22.4 Å². The molecule has 248 valence electrons. The summed E-state index contributed by atoms with van der Waals surface area (Å²) in [4.78, 5) is 5.07. The summed E-state index contributed by atoms with van der Waals surface area (Å²) < 4.78 is 8.95. The van der Waals surface area contributed by atoms with Crippen LogP contribution in [0.1, 0.15) is 22.3 Å². The van der Waals surface area contributed by atoms with Gasteiger partial charge in [-0.3, -0.25) is 4.57 Å². The van der Waals surface area contributed by atoms with E-state index in [0.29, 0.717) is 0 Å². The van der Waals surface area contributed by atoms with Crippen molar-refractivity contribution in [3.05, 3.63) is 216 Å². The van der Waals surface area contributed by atoms with Gasteiger partial charge in [0.05, 0.1) is 16.4 Å². The van der Waals surface area contributed by atoms with E-state index in [-0.39, 0.29) is 0 Å². The number of rotatable bonds is 3. The van der Waals surface area contributed by atoms with Gasteiger partial charge in [0.2, 0.25) is 0 Å². The Balaban J connectivity index is 1.16. The SMILES string of the molecule is c1ccc(-c2nc3ccccc3n2-c2ccc(-c3ccc4c(c3)C3(c5ccccc5Oc5ccccc53)c3ccccc3-c3ccccc3-4)cc2)cc1. The van der Waals surface area contributed by atoms with Crippen LogP contribution in [0.5, 0.6) is 11.5 Å². The Bertz CT molecular complexity index is 2820. The molecule has 9 aromatic rings. The van der Waals surface area contributed by atoms with Crippen molar-refractivity contribution in [1.29, 1.82) is 0 Å². The van der Waals surface area contributed by atoms with Gasteiger partial charge in [-0.25, -0.2) is 4.98 Å². The van der Waals surface area contributed by atoms with Gasteiger partial charge < -0.3 is 4.74 Å². The van der Waals surface area contributed by atoms with Crippen molar-refractivity contribution in [3.63, 3.8) is 0 Å². The van der Waals surface area contributed by atoms with E-state index in [1.54, 1.807) is 0 Å². The van der Waals surface area contributed by atoms with Crippen molar-refractivity contribution >= 4 is 11.0 Å². The molecule has 0 fully saturated rings. The number of fused-ring (bicyclic) bond motifs is 12. The maximum Gasteiger partial charge on any atom is 0.145 e. The fourth-order valence-corrected chi connectivity index (χ4v) is 8.86. The van der Waals surface area contributed by atoms with E-state index < -0.39 is 5.41 Å². The molecule has 3 nitrogen and oxygen atoms in total. The number of imidazole rings is 1. The topological polar surface area (TPSA) is 27.1 Å². The normalized spacial score (nSPS) is 13.2. The lowest BCUT2D eigenvalue weighted by Crippen LogP contribution is -2.34. The predicted octanol–water partition coefficient (Wildman–Crippen LogP) is 12.5. The molecule has 11 rings (SSSR count). The Morgan fingerprint density at radius 3 is 1.66 bits per heavy atom. The minimum Gasteiger partial charge on any atom is -0.457 e. The maximum absolute atomic E-state index is 6.68. The second-order valence-corrected chi connectivity index (χ2v) is 13.9. The van der Waals surface area contributed by atoms with Gasteiger partial charge in [-0.15, -0.1) is 0 Å². The third-order valence-corrected chi connectivity index (χ3v) is 11.1. The number of benzene rings is 8. The molecule has 3 heteroatoms. The van der Waals surface area contributed by atoms with Crippen molar-refractivity contribution in [2.75, 3.05) is 0 Å². The first kappa shape index (κ1) is 29.7. The second kappa shape index (κ2) is 11.5. The van der Waals surface area contributed by atoms with E-state index in [9.17, 15) is 0 Å². The van der Waals surface area contributed by atoms with Crippen LogP contribution in [0.4, 0.5) is 0 Å². The molecule has 0 radical (unpaired) electrons. The highest BCUT2D eigenvalue weighted by Gasteiger charge is 2.49. The van der Waals surface area contributed by atoms with Crippen molar-refractivity contribution in [2.24, 2.45) is 0 Å². The number of hydrogen-bond acceptors (Lipinski definition) is 2. The second-order valence-electron chi connectivity index (χ2n) is 13.9. The molecule has 0 unspecified atom stereocenters. The lowest BCUT2D eigenvalue weighted by Gasteiger charge is -2.42. The summed E-state index contributed by atoms with van der Waals surface area (Å²) in [5.74, 6) is 2.70. The Morgan fingerprint density at radius 1 is 0.396 bits per heavy atom. The molecule has 8 aromatic carbocycles. The van der Waals surface area contributed by atoms with Crippen molar-refractivity contribution in [1.82, 2.24) is 9.55 Å². The van der Waals surface area contributed by atoms with E-state index in [1.165, 1.54) is 33.4 Å². The monoisotopic (exact) mass is 676 g/mol. The number of ether oxygens (including phenoxy) is 1. The van der Waals surface area contributed by atoms with Gasteiger partial charge in [0.25, 0.3) is 0 Å². The molecular formula is C50H32N2O. The van der Waals surface area contributed by atoms with Crippen molar-refractivity contribution in [3.8, 4) is 62.0 Å². The predicted molar refractivity (Wildman–Crippen MR) is 215 cm³/mol. The average Bonchev–Trinajstić information content (AvgIpc) is 3.59. The largest absolute Gasteiger partial charge is 0.457 e. The number of aromatic nitrogens is 2. The summed E-state index contributed by atoms with van der Waals surface area (Å²) in [6.07, 6.45) is 0. The van der Waals surface area contributed by atoms with Crippen LogP contribution in [-0.2, 0) is 5.41 Å². The van der Waals surface area contributed by atoms with Crippen LogP contribution in [0.3, 0.4) is 0 Å². The van der Waals surface area contributed by atoms with Crippen molar-refractivity contribution in [2.45, 2.75) is 5.41 Å². The Labute approximate surface area is 308 Å². The van der Waals surface area contributed by atoms with Crippen LogP contribution in [0.25, 0.3) is 61.5 Å². The number of para-hydroxylation sites is 4. The van der Waals surface area contributed by atoms with Gasteiger partial charge in [-0.1, -0.05) is 152 Å². The van der Waals surface area contributed by atoms with Crippen LogP contribution < -0.4 is 4.74 Å². The third-order valence-electron chi connectivity index (χ3n) is 11.1. The molecule has 0 N–H and O–H groups in total. The summed E-state index contributed by atoms with van der Waals surface area (Å²) >= 11 is 0. The fourth-order valence-electron chi connectivity index (χ4n) is 8.86. The average molecular weight is 677 g/mol. The van der Waals surface area contributed by atoms with Gasteiger partial charge in [0.15, 0.2) is 0 Å². The minimum atomic E-state index is -0.632. The molecule has 0 saturated carbocycles. The molecule has 0 atom stereocenters. The van der Waals surface area contributed by atoms with E-state index in [4.69, 9.17) is 9.72 Å². The first-order valence-corrected chi connectivity index (χ1v) is 18.1. The summed E-state index contributed by atoms with van der Waals surface area (Å²) in [7, 11) is 0. The first-order valence-electron chi connectivity index (χ1n) is 18.1. The van der Waals surface area contributed by atoms with Gasteiger partial charge in [-0.05, 0) is 87.0 Å². The first-order chi connectivity index (χ1) is 26.3. The molecule has 0 bridgehead atoms. The summed E-state index contributed by atoms with van der Waals surface area (Å²) in [5.41, 5.74) is 15.6. The number of nitrogens with zero attached hydrogens (tertiary/aromatic N) is 2. The zero-order valence-electron chi connectivity index (χ0n) is 28.8. The van der Waals surface area contributed by atoms with Crippen LogP contribution in [-0.4, -0.2) is 9.55 Å². The van der Waals surface area contributed by atoms with E-state index in [2.05, 4.69) is 193 Å². The molecular weight excluding hydrogens is 645 g/mol. The molecule has 53 heavy (non-hydrogen) atoms. The summed E-state index contributed by atoms with van der Waals surface area (Å²) in [5, 5.41) is 0. The molecule has 1 spiro atoms. The van der Waals surface area contributed by atoms with Gasteiger partial charge in [-0.2, -0.15) is 0 Å². The molecule has 0 amide bonds. The van der Waals surface area contributed by atoms with Gasteiger partial charge >= 0.3 is 0 Å². The lowest BCUT2D eigenvalue weighted by atomic mass is 9.62. The third kappa shape index (κ3) is 4.31. The summed E-state index contributed by atoms with van der Waals surface area (Å²) in [6.45, 7) is 0. The Morgan fingerprint density at radius 2 is 0.943 bits per heavy atom. The number of hydrogen-bond donors (Lipinski definition) is 0. The van der Waals surface area contributed by atoms with E-state index in [1.807, 2.05) is 6.07 Å². The van der Waals surface area contributed by atoms with Gasteiger partial charge in [0.1, 0.15) is 17.3 Å². The molecule has 2 heterocycles. The maximum atomic E-state index is 6.68. The molecule has 1 aliphatic carbocycles. The molecule has 2 aliphatic rings. The lowest BCUT2D eigenvalue weighted by molar-refractivity contribution is 0.435.